The lowest BCUT2D eigenvalue weighted by Gasteiger charge is -2.14. The summed E-state index contributed by atoms with van der Waals surface area (Å²) in [6, 6.07) is 1.20. The standard InChI is InChI=1S/C17H20F2INO4/c1-4-25-17(24)11(7-21-15(8-22)9(2)3)16(23)10-5-14(20)13(19)6-12(10)18/h5-7,9,15,22-23H,4,8H2,1-3H3/t15-/m1/s1. The van der Waals surface area contributed by atoms with Crippen molar-refractivity contribution in [2.75, 3.05) is 13.2 Å². The predicted molar refractivity (Wildman–Crippen MR) is 99.5 cm³/mol. The third kappa shape index (κ3) is 5.74. The number of halogens is 3. The molecule has 0 radical (unpaired) electrons. The van der Waals surface area contributed by atoms with Crippen LogP contribution in [-0.2, 0) is 9.53 Å². The van der Waals surface area contributed by atoms with Gasteiger partial charge in [0.2, 0.25) is 0 Å². The van der Waals surface area contributed by atoms with E-state index in [1.165, 1.54) is 0 Å². The highest BCUT2D eigenvalue weighted by Crippen LogP contribution is 2.24. The van der Waals surface area contributed by atoms with Crippen molar-refractivity contribution in [3.63, 3.8) is 0 Å². The third-order valence-corrected chi connectivity index (χ3v) is 4.19. The summed E-state index contributed by atoms with van der Waals surface area (Å²) in [6.45, 7) is 5.02. The number of nitrogens with zero attached hydrogens (tertiary/aromatic N) is 1. The quantitative estimate of drug-likeness (QED) is 0.161. The SMILES string of the molecule is CCOC(=O)C(C=N[C@H](CO)C(C)C)=C(O)c1cc(I)c(F)cc1F. The van der Waals surface area contributed by atoms with Crippen molar-refractivity contribution in [1.29, 1.82) is 0 Å². The molecule has 0 fully saturated rings. The number of ether oxygens (including phenoxy) is 1. The van der Waals surface area contributed by atoms with Gasteiger partial charge in [0, 0.05) is 15.9 Å². The van der Waals surface area contributed by atoms with Crippen LogP contribution in [0.5, 0.6) is 0 Å². The van der Waals surface area contributed by atoms with Crippen molar-refractivity contribution in [3.05, 3.63) is 38.5 Å². The Hall–Kier alpha value is -1.55. The van der Waals surface area contributed by atoms with Gasteiger partial charge in [-0.1, -0.05) is 13.8 Å². The van der Waals surface area contributed by atoms with E-state index >= 15 is 0 Å². The van der Waals surface area contributed by atoms with Crippen LogP contribution in [0, 0.1) is 21.1 Å². The molecule has 0 saturated heterocycles. The zero-order chi connectivity index (χ0) is 19.1. The Bertz CT molecular complexity index is 689. The molecule has 1 aromatic carbocycles. The molecule has 25 heavy (non-hydrogen) atoms. The summed E-state index contributed by atoms with van der Waals surface area (Å²) in [4.78, 5) is 16.2. The fourth-order valence-corrected chi connectivity index (χ4v) is 2.34. The van der Waals surface area contributed by atoms with Gasteiger partial charge in [0.05, 0.1) is 24.8 Å². The molecule has 8 heteroatoms. The number of hydrogen-bond acceptors (Lipinski definition) is 5. The minimum absolute atomic E-state index is 0.0182. The number of benzene rings is 1. The Morgan fingerprint density at radius 3 is 2.52 bits per heavy atom. The summed E-state index contributed by atoms with van der Waals surface area (Å²) < 4.78 is 32.3. The summed E-state index contributed by atoms with van der Waals surface area (Å²) in [5.74, 6) is -3.43. The maximum Gasteiger partial charge on any atom is 0.343 e. The number of aliphatic imine (C=N–C) groups is 1. The van der Waals surface area contributed by atoms with Gasteiger partial charge in [0.25, 0.3) is 0 Å². The molecule has 1 aromatic rings. The Kier molecular flexibility index (Phi) is 8.43. The van der Waals surface area contributed by atoms with Crippen LogP contribution in [0.2, 0.25) is 0 Å². The highest BCUT2D eigenvalue weighted by atomic mass is 127. The molecular formula is C17H20F2INO4. The first-order valence-corrected chi connectivity index (χ1v) is 8.70. The largest absolute Gasteiger partial charge is 0.506 e. The smallest absolute Gasteiger partial charge is 0.343 e. The first-order chi connectivity index (χ1) is 11.7. The third-order valence-electron chi connectivity index (χ3n) is 3.37. The van der Waals surface area contributed by atoms with Crippen LogP contribution >= 0.6 is 22.6 Å². The van der Waals surface area contributed by atoms with Gasteiger partial charge in [-0.05, 0) is 41.5 Å². The Morgan fingerprint density at radius 2 is 2.00 bits per heavy atom. The monoisotopic (exact) mass is 467 g/mol. The minimum atomic E-state index is -1.02. The molecular weight excluding hydrogens is 447 g/mol. The van der Waals surface area contributed by atoms with Crippen LogP contribution in [-0.4, -0.2) is 41.7 Å². The van der Waals surface area contributed by atoms with Crippen molar-refractivity contribution in [2.24, 2.45) is 10.9 Å². The van der Waals surface area contributed by atoms with Crippen LogP contribution in [0.15, 0.2) is 22.7 Å². The molecule has 0 aliphatic heterocycles. The molecule has 2 N–H and O–H groups in total. The number of hydrogen-bond donors (Lipinski definition) is 2. The predicted octanol–water partition coefficient (Wildman–Crippen LogP) is 3.49. The molecule has 0 bridgehead atoms. The second-order valence-electron chi connectivity index (χ2n) is 5.50. The van der Waals surface area contributed by atoms with Gasteiger partial charge in [-0.25, -0.2) is 13.6 Å². The second kappa shape index (κ2) is 9.81. The van der Waals surface area contributed by atoms with Crippen molar-refractivity contribution >= 4 is 40.5 Å². The number of rotatable bonds is 7. The minimum Gasteiger partial charge on any atom is -0.506 e. The van der Waals surface area contributed by atoms with Crippen molar-refractivity contribution < 1.29 is 28.5 Å². The summed E-state index contributed by atoms with van der Waals surface area (Å²) in [6.07, 6.45) is 1.05. The van der Waals surface area contributed by atoms with E-state index in [4.69, 9.17) is 4.74 Å². The molecule has 0 amide bonds. The number of carbonyl (C=O) groups excluding carboxylic acids is 1. The van der Waals surface area contributed by atoms with E-state index in [1.807, 2.05) is 13.8 Å². The van der Waals surface area contributed by atoms with Crippen molar-refractivity contribution in [1.82, 2.24) is 0 Å². The van der Waals surface area contributed by atoms with Crippen molar-refractivity contribution in [3.8, 4) is 0 Å². The second-order valence-corrected chi connectivity index (χ2v) is 6.66. The Labute approximate surface area is 158 Å². The van der Waals surface area contributed by atoms with Gasteiger partial charge < -0.3 is 14.9 Å². The number of aliphatic hydroxyl groups excluding tert-OH is 2. The van der Waals surface area contributed by atoms with E-state index in [-0.39, 0.29) is 33.8 Å². The van der Waals surface area contributed by atoms with E-state index in [0.29, 0.717) is 6.07 Å². The number of aliphatic hydroxyl groups is 2. The number of carbonyl (C=O) groups is 1. The van der Waals surface area contributed by atoms with Gasteiger partial charge in [-0.2, -0.15) is 0 Å². The van der Waals surface area contributed by atoms with Crippen molar-refractivity contribution in [2.45, 2.75) is 26.8 Å². The zero-order valence-electron chi connectivity index (χ0n) is 14.1. The van der Waals surface area contributed by atoms with Crippen LogP contribution in [0.3, 0.4) is 0 Å². The lowest BCUT2D eigenvalue weighted by Crippen LogP contribution is -2.19. The highest BCUT2D eigenvalue weighted by molar-refractivity contribution is 14.1. The molecule has 0 aliphatic rings. The average molecular weight is 467 g/mol. The molecule has 0 aliphatic carbocycles. The molecule has 0 aromatic heterocycles. The van der Waals surface area contributed by atoms with E-state index < -0.39 is 29.4 Å². The van der Waals surface area contributed by atoms with Gasteiger partial charge in [0.1, 0.15) is 23.0 Å². The van der Waals surface area contributed by atoms with Crippen LogP contribution in [0.1, 0.15) is 26.3 Å². The molecule has 1 atom stereocenters. The average Bonchev–Trinajstić information content (AvgIpc) is 2.54. The normalized spacial score (nSPS) is 13.9. The molecule has 0 saturated carbocycles. The number of esters is 1. The molecule has 1 rings (SSSR count). The lowest BCUT2D eigenvalue weighted by molar-refractivity contribution is -0.137. The Balaban J connectivity index is 3.44. The fraction of sp³-hybridized carbons (Fsp3) is 0.412. The fourth-order valence-electron chi connectivity index (χ4n) is 1.87. The molecule has 0 unspecified atom stereocenters. The van der Waals surface area contributed by atoms with Crippen LogP contribution < -0.4 is 0 Å². The topological polar surface area (TPSA) is 79.1 Å². The lowest BCUT2D eigenvalue weighted by atomic mass is 10.1. The summed E-state index contributed by atoms with van der Waals surface area (Å²) in [7, 11) is 0. The Morgan fingerprint density at radius 1 is 1.36 bits per heavy atom. The molecule has 138 valence electrons. The highest BCUT2D eigenvalue weighted by Gasteiger charge is 2.21. The van der Waals surface area contributed by atoms with E-state index in [1.54, 1.807) is 29.5 Å². The summed E-state index contributed by atoms with van der Waals surface area (Å²) in [5, 5.41) is 19.7. The maximum absolute atomic E-state index is 14.0. The summed E-state index contributed by atoms with van der Waals surface area (Å²) in [5.41, 5.74) is -0.715. The van der Waals surface area contributed by atoms with Gasteiger partial charge in [-0.3, -0.25) is 4.99 Å². The van der Waals surface area contributed by atoms with E-state index in [2.05, 4.69) is 4.99 Å². The maximum atomic E-state index is 14.0. The zero-order valence-corrected chi connectivity index (χ0v) is 16.3. The van der Waals surface area contributed by atoms with Crippen LogP contribution in [0.4, 0.5) is 8.78 Å². The van der Waals surface area contributed by atoms with Gasteiger partial charge in [0.15, 0.2) is 0 Å². The van der Waals surface area contributed by atoms with E-state index in [0.717, 1.165) is 12.3 Å². The summed E-state index contributed by atoms with van der Waals surface area (Å²) >= 11 is 1.65. The van der Waals surface area contributed by atoms with Gasteiger partial charge in [-0.15, -0.1) is 0 Å². The molecule has 0 heterocycles. The van der Waals surface area contributed by atoms with Gasteiger partial charge >= 0.3 is 5.97 Å². The van der Waals surface area contributed by atoms with Crippen LogP contribution in [0.25, 0.3) is 5.76 Å². The first-order valence-electron chi connectivity index (χ1n) is 7.62. The first kappa shape index (κ1) is 21.5. The molecule has 5 nitrogen and oxygen atoms in total. The van der Waals surface area contributed by atoms with E-state index in [9.17, 15) is 23.8 Å². The molecule has 0 spiro atoms.